The number of sulfone groups is 1. The third-order valence-electron chi connectivity index (χ3n) is 3.32. The molecule has 1 heterocycles. The summed E-state index contributed by atoms with van der Waals surface area (Å²) in [6.45, 7) is 3.44. The molecule has 0 aromatic heterocycles. The molecule has 1 atom stereocenters. The molecule has 0 saturated heterocycles. The maximum atomic E-state index is 13.2. The molecular weight excluding hydrogens is 259 g/mol. The van der Waals surface area contributed by atoms with Crippen molar-refractivity contribution in [3.8, 4) is 0 Å². The summed E-state index contributed by atoms with van der Waals surface area (Å²) in [5.74, 6) is -1.89. The highest BCUT2D eigenvalue weighted by atomic mass is 32.2. The minimum atomic E-state index is -3.94. The molecule has 0 radical (unpaired) electrons. The number of carboxylic acid groups (broad SMARTS) is 1. The Balaban J connectivity index is 2.76. The second kappa shape index (κ2) is 3.78. The van der Waals surface area contributed by atoms with E-state index in [1.165, 1.54) is 6.07 Å². The van der Waals surface area contributed by atoms with Gasteiger partial charge in [-0.15, -0.1) is 0 Å². The Morgan fingerprint density at radius 2 is 2.06 bits per heavy atom. The summed E-state index contributed by atoms with van der Waals surface area (Å²) in [5.41, 5.74) is -0.341. The second-order valence-corrected chi connectivity index (χ2v) is 7.20. The van der Waals surface area contributed by atoms with Gasteiger partial charge in [-0.2, -0.15) is 0 Å². The van der Waals surface area contributed by atoms with Crippen LogP contribution < -0.4 is 0 Å². The van der Waals surface area contributed by atoms with Crippen LogP contribution in [0.1, 0.15) is 25.8 Å². The number of hydrogen-bond donors (Lipinski definition) is 1. The minimum absolute atomic E-state index is 0.0544. The average molecular weight is 272 g/mol. The van der Waals surface area contributed by atoms with Crippen LogP contribution in [0.2, 0.25) is 0 Å². The predicted molar refractivity (Wildman–Crippen MR) is 62.7 cm³/mol. The van der Waals surface area contributed by atoms with Gasteiger partial charge in [0.15, 0.2) is 15.1 Å². The van der Waals surface area contributed by atoms with Gasteiger partial charge in [0, 0.05) is 0 Å². The molecule has 1 N–H and O–H groups in total. The molecular formula is C12H13FO4S. The maximum Gasteiger partial charge on any atom is 0.322 e. The highest BCUT2D eigenvalue weighted by Gasteiger charge is 2.46. The molecule has 1 aliphatic heterocycles. The van der Waals surface area contributed by atoms with Gasteiger partial charge in [-0.3, -0.25) is 4.79 Å². The van der Waals surface area contributed by atoms with E-state index in [0.29, 0.717) is 5.56 Å². The molecule has 1 aromatic rings. The lowest BCUT2D eigenvalue weighted by atomic mass is 9.80. The summed E-state index contributed by atoms with van der Waals surface area (Å²) < 4.78 is 37.5. The Labute approximate surface area is 104 Å². The molecule has 18 heavy (non-hydrogen) atoms. The molecule has 1 aromatic carbocycles. The van der Waals surface area contributed by atoms with Crippen LogP contribution in [0.25, 0.3) is 0 Å². The first-order valence-corrected chi connectivity index (χ1v) is 6.97. The number of carboxylic acids is 1. The van der Waals surface area contributed by atoms with E-state index in [9.17, 15) is 17.6 Å². The van der Waals surface area contributed by atoms with Crippen LogP contribution in [-0.4, -0.2) is 24.7 Å². The van der Waals surface area contributed by atoms with Crippen molar-refractivity contribution in [2.24, 2.45) is 0 Å². The van der Waals surface area contributed by atoms with E-state index in [-0.39, 0.29) is 11.3 Å². The van der Waals surface area contributed by atoms with Crippen LogP contribution in [-0.2, 0) is 20.0 Å². The predicted octanol–water partition coefficient (Wildman–Crippen LogP) is 1.73. The molecule has 6 heteroatoms. The number of halogens is 1. The van der Waals surface area contributed by atoms with Crippen LogP contribution in [0.3, 0.4) is 0 Å². The molecule has 1 aliphatic rings. The second-order valence-electron chi connectivity index (χ2n) is 5.10. The molecule has 2 rings (SSSR count). The summed E-state index contributed by atoms with van der Waals surface area (Å²) in [4.78, 5) is 11.0. The Morgan fingerprint density at radius 1 is 1.44 bits per heavy atom. The van der Waals surface area contributed by atoms with E-state index in [1.807, 2.05) is 0 Å². The maximum absolute atomic E-state index is 13.2. The van der Waals surface area contributed by atoms with Gasteiger partial charge >= 0.3 is 5.97 Å². The fourth-order valence-electron chi connectivity index (χ4n) is 2.34. The molecule has 98 valence electrons. The summed E-state index contributed by atoms with van der Waals surface area (Å²) >= 11 is 0. The van der Waals surface area contributed by atoms with E-state index in [1.54, 1.807) is 13.8 Å². The van der Waals surface area contributed by atoms with E-state index < -0.39 is 32.3 Å². The smallest absolute Gasteiger partial charge is 0.322 e. The van der Waals surface area contributed by atoms with Gasteiger partial charge in [-0.25, -0.2) is 12.8 Å². The standard InChI is InChI=1S/C12H13FO4S/c1-12(2)6-10(11(14)15)18(16,17)9-4-3-7(13)5-8(9)12/h3-5,10H,6H2,1-2H3,(H,14,15). The van der Waals surface area contributed by atoms with Crippen molar-refractivity contribution in [1.29, 1.82) is 0 Å². The third kappa shape index (κ3) is 1.80. The van der Waals surface area contributed by atoms with Crippen molar-refractivity contribution in [2.45, 2.75) is 35.8 Å². The van der Waals surface area contributed by atoms with Gasteiger partial charge in [-0.05, 0) is 35.6 Å². The Morgan fingerprint density at radius 3 is 2.61 bits per heavy atom. The number of aliphatic carboxylic acids is 1. The zero-order valence-corrected chi connectivity index (χ0v) is 10.8. The third-order valence-corrected chi connectivity index (χ3v) is 5.41. The SMILES string of the molecule is CC1(C)CC(C(=O)O)S(=O)(=O)c2ccc(F)cc21. The first kappa shape index (κ1) is 13.0. The fourth-order valence-corrected chi connectivity index (χ4v) is 4.44. The zero-order chi connectivity index (χ0) is 13.7. The van der Waals surface area contributed by atoms with E-state index in [2.05, 4.69) is 0 Å². The summed E-state index contributed by atoms with van der Waals surface area (Å²) in [6, 6.07) is 3.36. The first-order valence-electron chi connectivity index (χ1n) is 5.43. The van der Waals surface area contributed by atoms with E-state index >= 15 is 0 Å². The minimum Gasteiger partial charge on any atom is -0.480 e. The number of carbonyl (C=O) groups is 1. The Bertz CT molecular complexity index is 619. The average Bonchev–Trinajstić information content (AvgIpc) is 2.23. The molecule has 0 saturated carbocycles. The lowest BCUT2D eigenvalue weighted by molar-refractivity contribution is -0.137. The monoisotopic (exact) mass is 272 g/mol. The quantitative estimate of drug-likeness (QED) is 0.790. The molecule has 0 amide bonds. The van der Waals surface area contributed by atoms with Crippen LogP contribution >= 0.6 is 0 Å². The molecule has 1 unspecified atom stereocenters. The number of rotatable bonds is 1. The first-order chi connectivity index (χ1) is 8.16. The van der Waals surface area contributed by atoms with E-state index in [0.717, 1.165) is 12.1 Å². The van der Waals surface area contributed by atoms with Gasteiger partial charge < -0.3 is 5.11 Å². The van der Waals surface area contributed by atoms with Crippen LogP contribution in [0.5, 0.6) is 0 Å². The van der Waals surface area contributed by atoms with Crippen molar-refractivity contribution in [3.63, 3.8) is 0 Å². The highest BCUT2D eigenvalue weighted by Crippen LogP contribution is 2.41. The summed E-state index contributed by atoms with van der Waals surface area (Å²) in [7, 11) is -3.94. The molecule has 0 fully saturated rings. The molecule has 4 nitrogen and oxygen atoms in total. The highest BCUT2D eigenvalue weighted by molar-refractivity contribution is 7.93. The van der Waals surface area contributed by atoms with Crippen LogP contribution in [0.4, 0.5) is 4.39 Å². The molecule has 0 aliphatic carbocycles. The normalized spacial score (nSPS) is 24.3. The van der Waals surface area contributed by atoms with Gasteiger partial charge in [-0.1, -0.05) is 13.8 Å². The molecule has 0 spiro atoms. The summed E-state index contributed by atoms with van der Waals surface area (Å²) in [6.07, 6.45) is -0.0544. The Kier molecular flexibility index (Phi) is 2.73. The Hall–Kier alpha value is -1.43. The number of hydrogen-bond acceptors (Lipinski definition) is 3. The van der Waals surface area contributed by atoms with Crippen molar-refractivity contribution < 1.29 is 22.7 Å². The zero-order valence-electron chi connectivity index (χ0n) is 9.97. The van der Waals surface area contributed by atoms with Crippen molar-refractivity contribution in [3.05, 3.63) is 29.6 Å². The topological polar surface area (TPSA) is 71.4 Å². The van der Waals surface area contributed by atoms with Gasteiger partial charge in [0.2, 0.25) is 0 Å². The number of benzene rings is 1. The van der Waals surface area contributed by atoms with Crippen molar-refractivity contribution >= 4 is 15.8 Å². The summed E-state index contributed by atoms with van der Waals surface area (Å²) in [5, 5.41) is 7.57. The number of fused-ring (bicyclic) bond motifs is 1. The molecule has 0 bridgehead atoms. The largest absolute Gasteiger partial charge is 0.480 e. The van der Waals surface area contributed by atoms with Crippen molar-refractivity contribution in [1.82, 2.24) is 0 Å². The van der Waals surface area contributed by atoms with E-state index in [4.69, 9.17) is 5.11 Å². The van der Waals surface area contributed by atoms with Gasteiger partial charge in [0.1, 0.15) is 5.82 Å². The lowest BCUT2D eigenvalue weighted by Crippen LogP contribution is -2.42. The lowest BCUT2D eigenvalue weighted by Gasteiger charge is -2.35. The van der Waals surface area contributed by atoms with Crippen LogP contribution in [0.15, 0.2) is 23.1 Å². The van der Waals surface area contributed by atoms with Crippen LogP contribution in [0, 0.1) is 5.82 Å². The van der Waals surface area contributed by atoms with Gasteiger partial charge in [0.05, 0.1) is 4.90 Å². The fraction of sp³-hybridized carbons (Fsp3) is 0.417. The van der Waals surface area contributed by atoms with Crippen molar-refractivity contribution in [2.75, 3.05) is 0 Å². The van der Waals surface area contributed by atoms with Gasteiger partial charge in [0.25, 0.3) is 0 Å².